The number of carbonyl (C=O) groups excluding carboxylic acids is 1. The molecule has 0 N–H and O–H groups in total. The van der Waals surface area contributed by atoms with Gasteiger partial charge < -0.3 is 9.90 Å². The summed E-state index contributed by atoms with van der Waals surface area (Å²) in [6, 6.07) is 2.33. The molecule has 2 heterocycles. The van der Waals surface area contributed by atoms with E-state index in [1.54, 1.807) is 0 Å². The van der Waals surface area contributed by atoms with Crippen molar-refractivity contribution in [1.82, 2.24) is 4.98 Å². The Hall–Kier alpha value is -1.63. The molecule has 84 valence electrons. The van der Waals surface area contributed by atoms with Crippen LogP contribution in [0.2, 0.25) is 0 Å². The van der Waals surface area contributed by atoms with Gasteiger partial charge in [-0.15, -0.1) is 11.3 Å². The van der Waals surface area contributed by atoms with E-state index < -0.39 is 23.4 Å². The molecule has 0 aliphatic heterocycles. The number of carbonyl (C=O) groups is 1. The maximum atomic E-state index is 12.5. The van der Waals surface area contributed by atoms with E-state index in [0.29, 0.717) is 4.70 Å². The lowest BCUT2D eigenvalue weighted by molar-refractivity contribution is -0.255. The molecule has 0 unspecified atom stereocenters. The highest BCUT2D eigenvalue weighted by atomic mass is 32.1. The third-order valence-corrected chi connectivity index (χ3v) is 2.78. The fraction of sp³-hybridized carbons (Fsp3) is 0.111. The first kappa shape index (κ1) is 10.9. The molecule has 0 bridgehead atoms. The first-order valence-corrected chi connectivity index (χ1v) is 4.94. The average molecular weight is 246 g/mol. The number of alkyl halides is 3. The largest absolute Gasteiger partial charge is 0.545 e. The van der Waals surface area contributed by atoms with Crippen LogP contribution >= 0.6 is 11.3 Å². The zero-order chi connectivity index (χ0) is 11.9. The van der Waals surface area contributed by atoms with Crippen LogP contribution in [0.4, 0.5) is 13.2 Å². The Labute approximate surface area is 91.2 Å². The van der Waals surface area contributed by atoms with Gasteiger partial charge in [0, 0.05) is 5.56 Å². The number of pyridine rings is 1. The predicted molar refractivity (Wildman–Crippen MR) is 49.0 cm³/mol. The number of hydrogen-bond donors (Lipinski definition) is 0. The minimum absolute atomic E-state index is 0.127. The van der Waals surface area contributed by atoms with Gasteiger partial charge in [-0.1, -0.05) is 0 Å². The molecule has 0 amide bonds. The lowest BCUT2D eigenvalue weighted by Gasteiger charge is -2.12. The third kappa shape index (κ3) is 1.73. The van der Waals surface area contributed by atoms with Crippen LogP contribution in [0.3, 0.4) is 0 Å². The van der Waals surface area contributed by atoms with Gasteiger partial charge in [-0.05, 0) is 17.5 Å². The topological polar surface area (TPSA) is 53.0 Å². The number of hydrogen-bond acceptors (Lipinski definition) is 4. The quantitative estimate of drug-likeness (QED) is 0.769. The molecule has 0 aromatic carbocycles. The van der Waals surface area contributed by atoms with Crippen LogP contribution in [-0.2, 0) is 6.18 Å². The summed E-state index contributed by atoms with van der Waals surface area (Å²) >= 11 is 1.12. The average Bonchev–Trinajstić information content (AvgIpc) is 2.60. The molecule has 3 nitrogen and oxygen atoms in total. The summed E-state index contributed by atoms with van der Waals surface area (Å²) in [5, 5.41) is 12.1. The highest BCUT2D eigenvalue weighted by Gasteiger charge is 2.36. The minimum Gasteiger partial charge on any atom is -0.545 e. The van der Waals surface area contributed by atoms with E-state index in [0.717, 1.165) is 17.4 Å². The standard InChI is InChI=1S/C9H4F3NO2S/c10-9(11,12)7-4(8(14)15)3-6-5(13-7)1-2-16-6/h1-3H,(H,14,15)/p-1. The van der Waals surface area contributed by atoms with Crippen molar-refractivity contribution in [2.24, 2.45) is 0 Å². The second-order valence-corrected chi connectivity index (χ2v) is 3.92. The summed E-state index contributed by atoms with van der Waals surface area (Å²) in [6.07, 6.45) is -4.80. The van der Waals surface area contributed by atoms with Gasteiger partial charge in [0.2, 0.25) is 0 Å². The highest BCUT2D eigenvalue weighted by molar-refractivity contribution is 7.17. The van der Waals surface area contributed by atoms with E-state index in [9.17, 15) is 23.1 Å². The van der Waals surface area contributed by atoms with Gasteiger partial charge in [0.25, 0.3) is 0 Å². The second-order valence-electron chi connectivity index (χ2n) is 2.97. The van der Waals surface area contributed by atoms with Crippen molar-refractivity contribution < 1.29 is 23.1 Å². The Kier molecular flexibility index (Phi) is 2.34. The Morgan fingerprint density at radius 1 is 1.44 bits per heavy atom. The number of aromatic nitrogens is 1. The minimum atomic E-state index is -4.80. The molecule has 2 rings (SSSR count). The molecule has 7 heteroatoms. The molecule has 0 atom stereocenters. The van der Waals surface area contributed by atoms with Gasteiger partial charge in [0.1, 0.15) is 0 Å². The first-order valence-electron chi connectivity index (χ1n) is 4.06. The van der Waals surface area contributed by atoms with Gasteiger partial charge in [0.05, 0.1) is 16.2 Å². The fourth-order valence-electron chi connectivity index (χ4n) is 1.27. The Morgan fingerprint density at radius 2 is 2.12 bits per heavy atom. The molecule has 0 spiro atoms. The van der Waals surface area contributed by atoms with Crippen LogP contribution in [0.15, 0.2) is 17.5 Å². The number of aromatic carboxylic acids is 1. The zero-order valence-corrected chi connectivity index (χ0v) is 8.35. The Bertz CT molecular complexity index is 561. The van der Waals surface area contributed by atoms with Gasteiger partial charge in [-0.2, -0.15) is 13.2 Å². The molecular weight excluding hydrogens is 243 g/mol. The Balaban J connectivity index is 2.77. The second kappa shape index (κ2) is 3.44. The summed E-state index contributed by atoms with van der Waals surface area (Å²) in [6.45, 7) is 0. The summed E-state index contributed by atoms with van der Waals surface area (Å²) in [5.74, 6) is -1.88. The highest BCUT2D eigenvalue weighted by Crippen LogP contribution is 2.33. The molecule has 0 fully saturated rings. The summed E-state index contributed by atoms with van der Waals surface area (Å²) < 4.78 is 37.9. The molecule has 16 heavy (non-hydrogen) atoms. The van der Waals surface area contributed by atoms with Gasteiger partial charge in [0.15, 0.2) is 5.69 Å². The van der Waals surface area contributed by atoms with Crippen LogP contribution in [0.5, 0.6) is 0 Å². The summed E-state index contributed by atoms with van der Waals surface area (Å²) in [7, 11) is 0. The molecule has 0 radical (unpaired) electrons. The summed E-state index contributed by atoms with van der Waals surface area (Å²) in [5.41, 5.74) is -2.22. The van der Waals surface area contributed by atoms with Crippen LogP contribution < -0.4 is 5.11 Å². The zero-order valence-electron chi connectivity index (χ0n) is 7.54. The molecule has 2 aromatic heterocycles. The van der Waals surface area contributed by atoms with Crippen LogP contribution in [0.1, 0.15) is 16.1 Å². The van der Waals surface area contributed by atoms with Crippen molar-refractivity contribution in [2.45, 2.75) is 6.18 Å². The van der Waals surface area contributed by atoms with Gasteiger partial charge >= 0.3 is 6.18 Å². The number of carboxylic acid groups (broad SMARTS) is 1. The summed E-state index contributed by atoms with van der Waals surface area (Å²) in [4.78, 5) is 13.9. The maximum Gasteiger partial charge on any atom is 0.434 e. The van der Waals surface area contributed by atoms with Crippen LogP contribution in [-0.4, -0.2) is 11.0 Å². The van der Waals surface area contributed by atoms with Crippen LogP contribution in [0.25, 0.3) is 10.2 Å². The molecule has 0 saturated carbocycles. The molecule has 2 aromatic rings. The third-order valence-electron chi connectivity index (χ3n) is 1.92. The Morgan fingerprint density at radius 3 is 2.69 bits per heavy atom. The van der Waals surface area contributed by atoms with Crippen molar-refractivity contribution >= 4 is 27.5 Å². The van der Waals surface area contributed by atoms with Crippen molar-refractivity contribution in [1.29, 1.82) is 0 Å². The molecule has 0 saturated heterocycles. The SMILES string of the molecule is O=C([O-])c1cc2sccc2nc1C(F)(F)F. The maximum absolute atomic E-state index is 12.5. The van der Waals surface area contributed by atoms with Crippen molar-refractivity contribution in [3.8, 4) is 0 Å². The van der Waals surface area contributed by atoms with E-state index in [1.165, 1.54) is 11.4 Å². The van der Waals surface area contributed by atoms with Crippen molar-refractivity contribution in [3.05, 3.63) is 28.8 Å². The van der Waals surface area contributed by atoms with Crippen LogP contribution in [0, 0.1) is 0 Å². The molecular formula is C9H3F3NO2S-. The predicted octanol–water partition coefficient (Wildman–Crippen LogP) is 1.68. The fourth-order valence-corrected chi connectivity index (χ4v) is 2.03. The normalized spacial score (nSPS) is 11.9. The monoisotopic (exact) mass is 246 g/mol. The van der Waals surface area contributed by atoms with Crippen molar-refractivity contribution in [3.63, 3.8) is 0 Å². The van der Waals surface area contributed by atoms with E-state index in [-0.39, 0.29) is 5.52 Å². The van der Waals surface area contributed by atoms with Gasteiger partial charge in [-0.3, -0.25) is 0 Å². The lowest BCUT2D eigenvalue weighted by atomic mass is 10.2. The number of nitrogens with zero attached hydrogens (tertiary/aromatic N) is 1. The number of carboxylic acids is 1. The van der Waals surface area contributed by atoms with E-state index in [2.05, 4.69) is 4.98 Å². The van der Waals surface area contributed by atoms with E-state index in [1.807, 2.05) is 0 Å². The number of halogens is 3. The van der Waals surface area contributed by atoms with Gasteiger partial charge in [-0.25, -0.2) is 4.98 Å². The number of rotatable bonds is 1. The van der Waals surface area contributed by atoms with Crippen molar-refractivity contribution in [2.75, 3.05) is 0 Å². The van der Waals surface area contributed by atoms with E-state index in [4.69, 9.17) is 0 Å². The van der Waals surface area contributed by atoms with E-state index >= 15 is 0 Å². The molecule has 0 aliphatic carbocycles. The smallest absolute Gasteiger partial charge is 0.434 e. The number of fused-ring (bicyclic) bond motifs is 1. The first-order chi connectivity index (χ1) is 7.39. The number of thiophene rings is 1. The molecule has 0 aliphatic rings. The lowest BCUT2D eigenvalue weighted by Crippen LogP contribution is -2.26.